The number of aliphatic hydroxyl groups excluding tert-OH is 3. The van der Waals surface area contributed by atoms with Crippen LogP contribution in [-0.2, 0) is 9.53 Å². The van der Waals surface area contributed by atoms with Gasteiger partial charge in [0.25, 0.3) is 0 Å². The van der Waals surface area contributed by atoms with Crippen LogP contribution in [0.25, 0.3) is 0 Å². The van der Waals surface area contributed by atoms with Gasteiger partial charge in [-0.15, -0.1) is 0 Å². The number of aromatic nitrogens is 2. The van der Waals surface area contributed by atoms with Gasteiger partial charge in [0.05, 0.1) is 19.3 Å². The summed E-state index contributed by atoms with van der Waals surface area (Å²) < 4.78 is 6.60. The summed E-state index contributed by atoms with van der Waals surface area (Å²) in [4.78, 5) is 27.2. The highest BCUT2D eigenvalue weighted by Crippen LogP contribution is 2.26. The summed E-state index contributed by atoms with van der Waals surface area (Å²) >= 11 is 0. The number of anilines is 1. The van der Waals surface area contributed by atoms with Crippen molar-refractivity contribution in [3.8, 4) is 0 Å². The number of nitrogens with zero attached hydrogens (tertiary/aromatic N) is 2. The lowest BCUT2D eigenvalue weighted by molar-refractivity contribution is -0.179. The predicted molar refractivity (Wildman–Crippen MR) is 81.5 cm³/mol. The van der Waals surface area contributed by atoms with Crippen molar-refractivity contribution >= 4 is 11.7 Å². The molecule has 11 heteroatoms. The van der Waals surface area contributed by atoms with Crippen molar-refractivity contribution in [2.75, 3.05) is 18.9 Å². The van der Waals surface area contributed by atoms with Crippen LogP contribution in [0.4, 0.5) is 5.82 Å². The molecular formula is C13H21N5O6. The molecule has 2 heterocycles. The van der Waals surface area contributed by atoms with E-state index in [2.05, 4.69) is 10.3 Å². The van der Waals surface area contributed by atoms with E-state index in [4.69, 9.17) is 21.3 Å². The highest BCUT2D eigenvalue weighted by atomic mass is 16.5. The Kier molecular flexibility index (Phi) is 5.85. The lowest BCUT2D eigenvalue weighted by atomic mass is 9.98. The summed E-state index contributed by atoms with van der Waals surface area (Å²) in [5.74, 6) is -0.607. The van der Waals surface area contributed by atoms with Crippen LogP contribution in [-0.4, -0.2) is 68.3 Å². The molecule has 1 aromatic rings. The van der Waals surface area contributed by atoms with Gasteiger partial charge in [-0.1, -0.05) is 0 Å². The molecule has 1 unspecified atom stereocenters. The number of hydrogen-bond acceptors (Lipinski definition) is 9. The molecule has 1 aliphatic rings. The first-order valence-corrected chi connectivity index (χ1v) is 7.33. The number of hydrogen-bond donors (Lipinski definition) is 6. The summed E-state index contributed by atoms with van der Waals surface area (Å²) in [6.45, 7) is -0.999. The lowest BCUT2D eigenvalue weighted by Gasteiger charge is -2.39. The number of nitrogens with one attached hydrogen (secondary N) is 1. The standard InChI is InChI=1S/C13H21N5O6/c14-6(4-19)11(22)16-7-3-8(21)12(24-9(7)5-20)18-2-1-10(15)17-13(18)23/h1-2,6-9,12,19-21H,3-5,14H2,(H,16,22)(H2,15,17,23)/t6?,7-,8+,9+,12+/m0/s1. The topological polar surface area (TPSA) is 186 Å². The molecule has 0 radical (unpaired) electrons. The van der Waals surface area contributed by atoms with E-state index < -0.39 is 55.3 Å². The summed E-state index contributed by atoms with van der Waals surface area (Å²) in [5, 5.41) is 31.1. The number of ether oxygens (including phenoxy) is 1. The maximum atomic E-state index is 11.9. The number of rotatable bonds is 5. The Morgan fingerprint density at radius 1 is 1.54 bits per heavy atom. The molecule has 2 rings (SSSR count). The van der Waals surface area contributed by atoms with E-state index in [1.807, 2.05) is 0 Å². The van der Waals surface area contributed by atoms with Crippen molar-refractivity contribution in [2.24, 2.45) is 5.73 Å². The second-order valence-corrected chi connectivity index (χ2v) is 5.50. The van der Waals surface area contributed by atoms with Crippen LogP contribution in [0, 0.1) is 0 Å². The van der Waals surface area contributed by atoms with Crippen LogP contribution in [0.5, 0.6) is 0 Å². The zero-order chi connectivity index (χ0) is 17.9. The fourth-order valence-corrected chi connectivity index (χ4v) is 2.46. The first kappa shape index (κ1) is 18.3. The third-order valence-electron chi connectivity index (χ3n) is 3.75. The monoisotopic (exact) mass is 343 g/mol. The Balaban J connectivity index is 2.15. The van der Waals surface area contributed by atoms with Crippen molar-refractivity contribution in [3.63, 3.8) is 0 Å². The molecule has 0 aromatic carbocycles. The van der Waals surface area contributed by atoms with Crippen LogP contribution in [0.2, 0.25) is 0 Å². The van der Waals surface area contributed by atoms with E-state index in [1.54, 1.807) is 0 Å². The molecular weight excluding hydrogens is 322 g/mol. The molecule has 1 saturated heterocycles. The zero-order valence-electron chi connectivity index (χ0n) is 12.8. The predicted octanol–water partition coefficient (Wildman–Crippen LogP) is -3.73. The van der Waals surface area contributed by atoms with E-state index in [-0.39, 0.29) is 12.2 Å². The first-order chi connectivity index (χ1) is 11.4. The van der Waals surface area contributed by atoms with E-state index in [0.717, 1.165) is 4.57 Å². The number of nitrogen functional groups attached to an aromatic ring is 1. The summed E-state index contributed by atoms with van der Waals surface area (Å²) in [6.07, 6.45) is -1.77. The molecule has 0 saturated carbocycles. The quantitative estimate of drug-likeness (QED) is 0.312. The summed E-state index contributed by atoms with van der Waals surface area (Å²) in [5.41, 5.74) is 10.1. The van der Waals surface area contributed by atoms with Crippen molar-refractivity contribution in [1.29, 1.82) is 0 Å². The molecule has 1 amide bonds. The second-order valence-electron chi connectivity index (χ2n) is 5.50. The zero-order valence-corrected chi connectivity index (χ0v) is 12.8. The fourth-order valence-electron chi connectivity index (χ4n) is 2.46. The molecule has 0 spiro atoms. The van der Waals surface area contributed by atoms with Gasteiger partial charge >= 0.3 is 5.69 Å². The molecule has 24 heavy (non-hydrogen) atoms. The van der Waals surface area contributed by atoms with Crippen molar-refractivity contribution in [2.45, 2.75) is 36.9 Å². The summed E-state index contributed by atoms with van der Waals surface area (Å²) in [6, 6.07) is -0.480. The van der Waals surface area contributed by atoms with E-state index in [1.165, 1.54) is 12.3 Å². The van der Waals surface area contributed by atoms with Crippen LogP contribution in [0.15, 0.2) is 17.1 Å². The molecule has 8 N–H and O–H groups in total. The maximum Gasteiger partial charge on any atom is 0.351 e. The van der Waals surface area contributed by atoms with Gasteiger partial charge in [0.2, 0.25) is 5.91 Å². The van der Waals surface area contributed by atoms with Gasteiger partial charge in [-0.3, -0.25) is 9.36 Å². The minimum atomic E-state index is -1.15. The van der Waals surface area contributed by atoms with Gasteiger partial charge in [-0.2, -0.15) is 4.98 Å². The third kappa shape index (κ3) is 3.88. The maximum absolute atomic E-state index is 11.9. The molecule has 1 aliphatic heterocycles. The van der Waals surface area contributed by atoms with Crippen LogP contribution < -0.4 is 22.5 Å². The van der Waals surface area contributed by atoms with Gasteiger partial charge in [0.1, 0.15) is 24.1 Å². The van der Waals surface area contributed by atoms with Crippen LogP contribution in [0.1, 0.15) is 12.6 Å². The number of aliphatic hydroxyl groups is 3. The number of carbonyl (C=O) groups excluding carboxylic acids is 1. The summed E-state index contributed by atoms with van der Waals surface area (Å²) in [7, 11) is 0. The van der Waals surface area contributed by atoms with Crippen molar-refractivity contribution < 1.29 is 24.9 Å². The van der Waals surface area contributed by atoms with Gasteiger partial charge in [-0.25, -0.2) is 4.79 Å². The van der Waals surface area contributed by atoms with Crippen molar-refractivity contribution in [1.82, 2.24) is 14.9 Å². The normalized spacial score (nSPS) is 28.3. The number of nitrogens with two attached hydrogens (primary N) is 2. The van der Waals surface area contributed by atoms with Gasteiger partial charge in [0, 0.05) is 12.6 Å². The Hall–Kier alpha value is -2.05. The Bertz CT molecular complexity index is 638. The molecule has 134 valence electrons. The molecule has 1 fully saturated rings. The smallest absolute Gasteiger partial charge is 0.351 e. The highest BCUT2D eigenvalue weighted by molar-refractivity contribution is 5.81. The molecule has 11 nitrogen and oxygen atoms in total. The minimum absolute atomic E-state index is 0.0105. The Morgan fingerprint density at radius 2 is 2.25 bits per heavy atom. The molecule has 1 aromatic heterocycles. The van der Waals surface area contributed by atoms with Gasteiger partial charge in [0.15, 0.2) is 6.23 Å². The average molecular weight is 343 g/mol. The first-order valence-electron chi connectivity index (χ1n) is 7.33. The van der Waals surface area contributed by atoms with Gasteiger partial charge < -0.3 is 36.8 Å². The number of amides is 1. The van der Waals surface area contributed by atoms with Crippen molar-refractivity contribution in [3.05, 3.63) is 22.7 Å². The van der Waals surface area contributed by atoms with Gasteiger partial charge in [-0.05, 0) is 6.07 Å². The highest BCUT2D eigenvalue weighted by Gasteiger charge is 2.39. The molecule has 5 atom stereocenters. The minimum Gasteiger partial charge on any atom is -0.394 e. The van der Waals surface area contributed by atoms with E-state index in [9.17, 15) is 19.8 Å². The Labute approximate surface area is 136 Å². The Morgan fingerprint density at radius 3 is 2.83 bits per heavy atom. The SMILES string of the molecule is Nc1ccn([C@@H]2O[C@H](CO)[C@@H](NC(=O)C(N)CO)C[C@H]2O)c(=O)n1. The lowest BCUT2D eigenvalue weighted by Crippen LogP contribution is -2.58. The molecule has 0 bridgehead atoms. The fraction of sp³-hybridized carbons (Fsp3) is 0.615. The van der Waals surface area contributed by atoms with Crippen LogP contribution in [0.3, 0.4) is 0 Å². The van der Waals surface area contributed by atoms with E-state index in [0.29, 0.717) is 0 Å². The van der Waals surface area contributed by atoms with E-state index >= 15 is 0 Å². The third-order valence-corrected chi connectivity index (χ3v) is 3.75. The molecule has 0 aliphatic carbocycles. The largest absolute Gasteiger partial charge is 0.394 e. The number of carbonyl (C=O) groups is 1. The average Bonchev–Trinajstić information content (AvgIpc) is 2.55. The second kappa shape index (κ2) is 7.68. The van der Waals surface area contributed by atoms with Crippen LogP contribution >= 0.6 is 0 Å².